The highest BCUT2D eigenvalue weighted by Crippen LogP contribution is 2.65. The number of fused-ring (bicyclic) bond motifs is 1. The highest BCUT2D eigenvalue weighted by molar-refractivity contribution is 5.65. The second-order valence-corrected chi connectivity index (χ2v) is 10.5. The molecule has 0 heterocycles. The lowest BCUT2D eigenvalue weighted by Crippen LogP contribution is -2.54. The summed E-state index contributed by atoms with van der Waals surface area (Å²) in [7, 11) is 0. The highest BCUT2D eigenvalue weighted by atomic mass is 16.5. The largest absolute Gasteiger partial charge is 0.466 e. The molecule has 8 atom stereocenters. The summed E-state index contributed by atoms with van der Waals surface area (Å²) in [6, 6.07) is 0. The lowest BCUT2D eigenvalue weighted by molar-refractivity contribution is -0.155. The molecule has 2 N–H and O–H groups in total. The third-order valence-electron chi connectivity index (χ3n) is 9.31. The smallest absolute Gasteiger partial charge is 0.302 e. The van der Waals surface area contributed by atoms with Crippen molar-refractivity contribution in [2.75, 3.05) is 6.61 Å². The van der Waals surface area contributed by atoms with E-state index in [1.807, 2.05) is 6.92 Å². The Labute approximate surface area is 165 Å². The molecule has 0 aromatic carbocycles. The molecule has 3 rings (SSSR count). The molecule has 3 aliphatic carbocycles. The van der Waals surface area contributed by atoms with Gasteiger partial charge in [0.25, 0.3) is 0 Å². The van der Waals surface area contributed by atoms with Crippen molar-refractivity contribution < 1.29 is 19.7 Å². The number of aliphatic hydroxyl groups is 2. The lowest BCUT2D eigenvalue weighted by Gasteiger charge is -2.58. The van der Waals surface area contributed by atoms with Gasteiger partial charge in [0.05, 0.1) is 18.3 Å². The van der Waals surface area contributed by atoms with Gasteiger partial charge in [0.1, 0.15) is 0 Å². The molecule has 4 nitrogen and oxygen atoms in total. The number of hydrogen-bond acceptors (Lipinski definition) is 4. The van der Waals surface area contributed by atoms with Crippen LogP contribution in [-0.2, 0) is 9.53 Å². The summed E-state index contributed by atoms with van der Waals surface area (Å²) >= 11 is 0. The second kappa shape index (κ2) is 7.33. The minimum absolute atomic E-state index is 0.0140. The molecule has 4 heteroatoms. The molecule has 0 spiro atoms. The van der Waals surface area contributed by atoms with Crippen LogP contribution in [0, 0.1) is 34.5 Å². The van der Waals surface area contributed by atoms with Crippen molar-refractivity contribution in [1.29, 1.82) is 0 Å². The van der Waals surface area contributed by atoms with E-state index in [0.29, 0.717) is 24.4 Å². The fourth-order valence-electron chi connectivity index (χ4n) is 7.28. The topological polar surface area (TPSA) is 66.8 Å². The Morgan fingerprint density at radius 1 is 1.07 bits per heavy atom. The van der Waals surface area contributed by atoms with Crippen LogP contribution in [0.5, 0.6) is 0 Å². The summed E-state index contributed by atoms with van der Waals surface area (Å²) in [6.07, 6.45) is 7.67. The summed E-state index contributed by atoms with van der Waals surface area (Å²) in [5, 5.41) is 21.3. The Bertz CT molecular complexity index is 559. The SMILES string of the molecule is CC[C@@H]1[C@@H]([C@@]2(C)CC[C@H](O)C[C@@H]2COC(C)=O)CC[C@@]2(C)[C@H]1CC[C@]2(C)O. The average molecular weight is 381 g/mol. The van der Waals surface area contributed by atoms with Crippen molar-refractivity contribution in [2.45, 2.75) is 97.7 Å². The van der Waals surface area contributed by atoms with Gasteiger partial charge >= 0.3 is 5.97 Å². The van der Waals surface area contributed by atoms with E-state index >= 15 is 0 Å². The van der Waals surface area contributed by atoms with Gasteiger partial charge in [0.2, 0.25) is 0 Å². The molecule has 0 radical (unpaired) electrons. The van der Waals surface area contributed by atoms with Crippen molar-refractivity contribution in [1.82, 2.24) is 0 Å². The van der Waals surface area contributed by atoms with Gasteiger partial charge in [0, 0.05) is 12.8 Å². The maximum Gasteiger partial charge on any atom is 0.302 e. The van der Waals surface area contributed by atoms with E-state index in [1.165, 1.54) is 6.92 Å². The molecular formula is C23H40O4. The molecule has 0 unspecified atom stereocenters. The van der Waals surface area contributed by atoms with Gasteiger partial charge in [-0.3, -0.25) is 4.79 Å². The summed E-state index contributed by atoms with van der Waals surface area (Å²) in [5.74, 6) is 1.72. The van der Waals surface area contributed by atoms with Gasteiger partial charge in [-0.25, -0.2) is 0 Å². The average Bonchev–Trinajstić information content (AvgIpc) is 2.84. The third-order valence-corrected chi connectivity index (χ3v) is 9.31. The van der Waals surface area contributed by atoms with E-state index in [9.17, 15) is 15.0 Å². The number of ether oxygens (including phenoxy) is 1. The number of carbonyl (C=O) groups is 1. The minimum atomic E-state index is -0.559. The molecule has 0 saturated heterocycles. The lowest BCUT2D eigenvalue weighted by atomic mass is 9.48. The molecule has 0 amide bonds. The molecule has 3 fully saturated rings. The molecule has 3 aliphatic rings. The van der Waals surface area contributed by atoms with E-state index < -0.39 is 5.60 Å². The Balaban J connectivity index is 1.87. The van der Waals surface area contributed by atoms with E-state index in [2.05, 4.69) is 20.8 Å². The van der Waals surface area contributed by atoms with Crippen molar-refractivity contribution in [2.24, 2.45) is 34.5 Å². The summed E-state index contributed by atoms with van der Waals surface area (Å²) in [6.45, 7) is 10.9. The zero-order chi connectivity index (χ0) is 20.0. The number of hydrogen-bond donors (Lipinski definition) is 2. The first kappa shape index (κ1) is 21.1. The molecule has 156 valence electrons. The summed E-state index contributed by atoms with van der Waals surface area (Å²) in [4.78, 5) is 11.4. The highest BCUT2D eigenvalue weighted by Gasteiger charge is 2.61. The van der Waals surface area contributed by atoms with Gasteiger partial charge in [-0.2, -0.15) is 0 Å². The van der Waals surface area contributed by atoms with Gasteiger partial charge in [-0.05, 0) is 80.5 Å². The van der Waals surface area contributed by atoms with Crippen molar-refractivity contribution in [3.63, 3.8) is 0 Å². The van der Waals surface area contributed by atoms with Crippen LogP contribution >= 0.6 is 0 Å². The van der Waals surface area contributed by atoms with Crippen LogP contribution in [0.25, 0.3) is 0 Å². The normalized spacial score (nSPS) is 50.3. The first-order valence-electron chi connectivity index (χ1n) is 11.1. The van der Waals surface area contributed by atoms with Crippen molar-refractivity contribution >= 4 is 5.97 Å². The van der Waals surface area contributed by atoms with Gasteiger partial charge in [-0.1, -0.05) is 27.2 Å². The van der Waals surface area contributed by atoms with E-state index in [1.54, 1.807) is 0 Å². The van der Waals surface area contributed by atoms with E-state index in [4.69, 9.17) is 4.74 Å². The third kappa shape index (κ3) is 3.46. The van der Waals surface area contributed by atoms with E-state index in [0.717, 1.165) is 51.4 Å². The Morgan fingerprint density at radius 2 is 1.74 bits per heavy atom. The van der Waals surface area contributed by atoms with Crippen LogP contribution in [0.1, 0.15) is 86.0 Å². The van der Waals surface area contributed by atoms with Gasteiger partial charge in [-0.15, -0.1) is 0 Å². The molecule has 0 aliphatic heterocycles. The van der Waals surface area contributed by atoms with Gasteiger partial charge < -0.3 is 14.9 Å². The summed E-state index contributed by atoms with van der Waals surface area (Å²) in [5.41, 5.74) is -0.456. The minimum Gasteiger partial charge on any atom is -0.466 e. The number of rotatable bonds is 4. The van der Waals surface area contributed by atoms with Crippen molar-refractivity contribution in [3.8, 4) is 0 Å². The fraction of sp³-hybridized carbons (Fsp3) is 0.957. The van der Waals surface area contributed by atoms with Crippen LogP contribution in [0.4, 0.5) is 0 Å². The first-order valence-corrected chi connectivity index (χ1v) is 11.1. The Kier molecular flexibility index (Phi) is 5.73. The maximum atomic E-state index is 11.4. The van der Waals surface area contributed by atoms with Crippen LogP contribution in [0.2, 0.25) is 0 Å². The van der Waals surface area contributed by atoms with Crippen molar-refractivity contribution in [3.05, 3.63) is 0 Å². The van der Waals surface area contributed by atoms with Crippen LogP contribution in [0.15, 0.2) is 0 Å². The monoisotopic (exact) mass is 380 g/mol. The standard InChI is InChI=1S/C23H40O4/c1-6-18-19(8-11-22(4)20(18)9-12-23(22,5)26)21(3)10-7-17(25)13-16(21)14-27-15(2)24/h16-20,25-26H,6-14H2,1-5H3/t16-,17+,18-,19+,20+,21+,22+,23+/m1/s1. The number of esters is 1. The predicted molar refractivity (Wildman–Crippen MR) is 106 cm³/mol. The maximum absolute atomic E-state index is 11.4. The zero-order valence-corrected chi connectivity index (χ0v) is 18.0. The second-order valence-electron chi connectivity index (χ2n) is 10.5. The molecule has 0 aromatic heterocycles. The van der Waals surface area contributed by atoms with Crippen LogP contribution in [0.3, 0.4) is 0 Å². The molecule has 3 saturated carbocycles. The Morgan fingerprint density at radius 3 is 2.37 bits per heavy atom. The molecule has 0 aromatic rings. The number of carbonyl (C=O) groups excluding carboxylic acids is 1. The molecule has 27 heavy (non-hydrogen) atoms. The van der Waals surface area contributed by atoms with Gasteiger partial charge in [0.15, 0.2) is 0 Å². The molecule has 0 bridgehead atoms. The number of aliphatic hydroxyl groups excluding tert-OH is 1. The molecular weight excluding hydrogens is 340 g/mol. The van der Waals surface area contributed by atoms with E-state index in [-0.39, 0.29) is 28.8 Å². The first-order chi connectivity index (χ1) is 12.5. The van der Waals surface area contributed by atoms with Crippen LogP contribution < -0.4 is 0 Å². The fourth-order valence-corrected chi connectivity index (χ4v) is 7.28. The zero-order valence-electron chi connectivity index (χ0n) is 18.0. The van der Waals surface area contributed by atoms with Crippen LogP contribution in [-0.4, -0.2) is 34.5 Å². The Hall–Kier alpha value is -0.610. The summed E-state index contributed by atoms with van der Waals surface area (Å²) < 4.78 is 5.43. The quantitative estimate of drug-likeness (QED) is 0.713. The predicted octanol–water partition coefficient (Wildman–Crippen LogP) is 4.32.